The fraction of sp³-hybridized carbons (Fsp3) is 0.243. The lowest BCUT2D eigenvalue weighted by atomic mass is 10.1. The highest BCUT2D eigenvalue weighted by Crippen LogP contribution is 2.31. The fourth-order valence-electron chi connectivity index (χ4n) is 6.32. The maximum atomic E-state index is 12.7. The number of hydrogen-bond acceptors (Lipinski definition) is 5. The van der Waals surface area contributed by atoms with E-state index < -0.39 is 0 Å². The van der Waals surface area contributed by atoms with Gasteiger partial charge in [0.05, 0.1) is 39.7 Å². The molecular weight excluding hydrogens is 560 g/mol. The molecule has 226 valence electrons. The molecule has 3 aromatic heterocycles. The van der Waals surface area contributed by atoms with Gasteiger partial charge in [0, 0.05) is 31.1 Å². The summed E-state index contributed by atoms with van der Waals surface area (Å²) >= 11 is 0. The summed E-state index contributed by atoms with van der Waals surface area (Å²) < 4.78 is 11.8. The smallest absolute Gasteiger partial charge is 0.326 e. The monoisotopic (exact) mass is 596 g/mol. The van der Waals surface area contributed by atoms with Crippen LogP contribution in [-0.2, 0) is 36.1 Å². The normalized spacial score (nSPS) is 11.6. The van der Waals surface area contributed by atoms with Crippen LogP contribution in [0, 0.1) is 6.92 Å². The number of nitrogens with zero attached hydrogens (tertiary/aromatic N) is 6. The van der Waals surface area contributed by atoms with Gasteiger partial charge < -0.3 is 18.4 Å². The quantitative estimate of drug-likeness (QED) is 0.162. The predicted octanol–water partition coefficient (Wildman–Crippen LogP) is 7.48. The van der Waals surface area contributed by atoms with Gasteiger partial charge in [0.25, 0.3) is 0 Å². The summed E-state index contributed by atoms with van der Waals surface area (Å²) in [5, 5.41) is 0. The summed E-state index contributed by atoms with van der Waals surface area (Å²) in [4.78, 5) is 27.8. The molecule has 0 atom stereocenters. The van der Waals surface area contributed by atoms with Gasteiger partial charge in [0.2, 0.25) is 0 Å². The summed E-state index contributed by atoms with van der Waals surface area (Å²) in [6.07, 6.45) is 1.86. The van der Waals surface area contributed by atoms with Crippen molar-refractivity contribution in [3.63, 3.8) is 0 Å². The van der Waals surface area contributed by atoms with Crippen LogP contribution >= 0.6 is 0 Å². The molecule has 0 aliphatic carbocycles. The molecule has 45 heavy (non-hydrogen) atoms. The number of ether oxygens (including phenoxy) is 1. The first kappa shape index (κ1) is 28.5. The molecule has 0 aliphatic rings. The number of benzene rings is 4. The number of hydrogen-bond donors (Lipinski definition) is 0. The number of carbonyl (C=O) groups excluding carboxylic acids is 1. The summed E-state index contributed by atoms with van der Waals surface area (Å²) in [6.45, 7) is 7.21. The van der Waals surface area contributed by atoms with Crippen LogP contribution in [0.2, 0.25) is 0 Å². The zero-order valence-electron chi connectivity index (χ0n) is 26.1. The van der Waals surface area contributed by atoms with E-state index in [0.717, 1.165) is 85.7 Å². The second-order valence-electron chi connectivity index (χ2n) is 11.5. The lowest BCUT2D eigenvalue weighted by Gasteiger charge is -2.12. The van der Waals surface area contributed by atoms with Crippen molar-refractivity contribution in [1.29, 1.82) is 0 Å². The Balaban J connectivity index is 1.35. The molecule has 8 heteroatoms. The molecule has 0 radical (unpaired) electrons. The highest BCUT2D eigenvalue weighted by Gasteiger charge is 2.19. The van der Waals surface area contributed by atoms with Gasteiger partial charge >= 0.3 is 5.97 Å². The molecule has 4 aromatic carbocycles. The van der Waals surface area contributed by atoms with Gasteiger partial charge in [-0.1, -0.05) is 55.5 Å². The average molecular weight is 597 g/mol. The third kappa shape index (κ3) is 5.16. The highest BCUT2D eigenvalue weighted by atomic mass is 16.5. The summed E-state index contributed by atoms with van der Waals surface area (Å²) in [6, 6.07) is 29.0. The van der Waals surface area contributed by atoms with E-state index in [1.54, 1.807) is 0 Å². The van der Waals surface area contributed by atoms with Crippen molar-refractivity contribution >= 4 is 39.1 Å². The molecule has 0 saturated carbocycles. The first-order valence-electron chi connectivity index (χ1n) is 15.6. The SMILES string of the molecule is CCCc1nc2c(C)cc(-c3nc4ccccc4n3C)cc2n1Cc1ccc2nc(-c3ccccc3)n(CC(=O)OCC)c2c1. The van der Waals surface area contributed by atoms with Crippen molar-refractivity contribution in [2.24, 2.45) is 7.05 Å². The van der Waals surface area contributed by atoms with Crippen LogP contribution in [-0.4, -0.2) is 41.2 Å². The first-order valence-corrected chi connectivity index (χ1v) is 15.6. The van der Waals surface area contributed by atoms with Crippen molar-refractivity contribution in [2.45, 2.75) is 46.7 Å². The Hall–Kier alpha value is -5.24. The van der Waals surface area contributed by atoms with E-state index in [4.69, 9.17) is 19.7 Å². The largest absolute Gasteiger partial charge is 0.465 e. The highest BCUT2D eigenvalue weighted by molar-refractivity contribution is 5.88. The number of esters is 1. The van der Waals surface area contributed by atoms with Gasteiger partial charge in [0.1, 0.15) is 24.0 Å². The second kappa shape index (κ2) is 11.7. The molecule has 0 amide bonds. The minimum atomic E-state index is -0.282. The topological polar surface area (TPSA) is 79.8 Å². The Morgan fingerprint density at radius 3 is 2.29 bits per heavy atom. The third-order valence-electron chi connectivity index (χ3n) is 8.42. The van der Waals surface area contributed by atoms with Crippen LogP contribution in [0.4, 0.5) is 0 Å². The molecule has 7 rings (SSSR count). The van der Waals surface area contributed by atoms with E-state index in [-0.39, 0.29) is 12.5 Å². The Bertz CT molecular complexity index is 2190. The van der Waals surface area contributed by atoms with E-state index in [2.05, 4.69) is 66.4 Å². The first-order chi connectivity index (χ1) is 21.9. The molecule has 7 aromatic rings. The maximum Gasteiger partial charge on any atom is 0.326 e. The van der Waals surface area contributed by atoms with Crippen LogP contribution < -0.4 is 0 Å². The number of aryl methyl sites for hydroxylation is 3. The minimum absolute atomic E-state index is 0.0910. The molecular formula is C37H36N6O2. The Labute approximate surface area is 261 Å². The zero-order chi connectivity index (χ0) is 31.1. The van der Waals surface area contributed by atoms with Crippen LogP contribution in [0.3, 0.4) is 0 Å². The fourth-order valence-corrected chi connectivity index (χ4v) is 6.32. The molecule has 8 nitrogen and oxygen atoms in total. The van der Waals surface area contributed by atoms with E-state index in [1.807, 2.05) is 60.0 Å². The van der Waals surface area contributed by atoms with Crippen LogP contribution in [0.1, 0.15) is 37.2 Å². The van der Waals surface area contributed by atoms with E-state index in [1.165, 1.54) is 0 Å². The van der Waals surface area contributed by atoms with Crippen LogP contribution in [0.5, 0.6) is 0 Å². The molecule has 0 N–H and O–H groups in total. The number of para-hydroxylation sites is 2. The molecule has 3 heterocycles. The lowest BCUT2D eigenvalue weighted by Crippen LogP contribution is -2.14. The average Bonchev–Trinajstić information content (AvgIpc) is 3.70. The molecule has 0 aliphatic heterocycles. The number of imidazole rings is 3. The molecule has 0 spiro atoms. The molecule has 0 fully saturated rings. The minimum Gasteiger partial charge on any atom is -0.465 e. The summed E-state index contributed by atoms with van der Waals surface area (Å²) in [7, 11) is 2.07. The maximum absolute atomic E-state index is 12.7. The summed E-state index contributed by atoms with van der Waals surface area (Å²) in [5.74, 6) is 2.46. The van der Waals surface area contributed by atoms with Gasteiger partial charge in [-0.2, -0.15) is 0 Å². The number of rotatable bonds is 9. The Kier molecular flexibility index (Phi) is 7.41. The summed E-state index contributed by atoms with van der Waals surface area (Å²) in [5.41, 5.74) is 10.2. The third-order valence-corrected chi connectivity index (χ3v) is 8.42. The van der Waals surface area contributed by atoms with Gasteiger partial charge in [-0.15, -0.1) is 0 Å². The van der Waals surface area contributed by atoms with E-state index in [0.29, 0.717) is 13.2 Å². The molecule has 0 saturated heterocycles. The lowest BCUT2D eigenvalue weighted by molar-refractivity contribution is -0.143. The van der Waals surface area contributed by atoms with Gasteiger partial charge in [-0.3, -0.25) is 4.79 Å². The molecule has 0 unspecified atom stereocenters. The van der Waals surface area contributed by atoms with Crippen molar-refractivity contribution < 1.29 is 9.53 Å². The van der Waals surface area contributed by atoms with Crippen molar-refractivity contribution in [2.75, 3.05) is 6.61 Å². The predicted molar refractivity (Wildman–Crippen MR) is 179 cm³/mol. The van der Waals surface area contributed by atoms with Gasteiger partial charge in [0.15, 0.2) is 0 Å². The van der Waals surface area contributed by atoms with Gasteiger partial charge in [-0.25, -0.2) is 15.0 Å². The Morgan fingerprint density at radius 1 is 0.756 bits per heavy atom. The zero-order valence-corrected chi connectivity index (χ0v) is 26.1. The standard InChI is InChI=1S/C37H36N6O2/c1-5-12-33-40-35-24(3)19-27(36-38-28-15-10-11-16-30(28)41(36)4)21-32(35)42(33)22-25-17-18-29-31(20-25)43(23-34(44)45-6-2)37(39-29)26-13-8-7-9-14-26/h7-11,13-21H,5-6,12,22-23H2,1-4H3. The number of fused-ring (bicyclic) bond motifs is 3. The van der Waals surface area contributed by atoms with E-state index in [9.17, 15) is 4.79 Å². The van der Waals surface area contributed by atoms with Crippen molar-refractivity contribution in [3.8, 4) is 22.8 Å². The second-order valence-corrected chi connectivity index (χ2v) is 11.5. The van der Waals surface area contributed by atoms with Crippen molar-refractivity contribution in [1.82, 2.24) is 28.7 Å². The van der Waals surface area contributed by atoms with Crippen molar-refractivity contribution in [3.05, 3.63) is 102 Å². The van der Waals surface area contributed by atoms with Crippen LogP contribution in [0.15, 0.2) is 84.9 Å². The number of aromatic nitrogens is 6. The number of carbonyl (C=O) groups is 1. The van der Waals surface area contributed by atoms with Crippen LogP contribution in [0.25, 0.3) is 55.9 Å². The molecule has 0 bridgehead atoms. The van der Waals surface area contributed by atoms with Gasteiger partial charge in [-0.05, 0) is 67.8 Å². The van der Waals surface area contributed by atoms with E-state index >= 15 is 0 Å². The Morgan fingerprint density at radius 2 is 1.51 bits per heavy atom.